The predicted molar refractivity (Wildman–Crippen MR) is 76.0 cm³/mol. The molecule has 1 fully saturated rings. The van der Waals surface area contributed by atoms with E-state index in [9.17, 15) is 8.42 Å². The van der Waals surface area contributed by atoms with Crippen LogP contribution in [-0.2, 0) is 14.9 Å². The van der Waals surface area contributed by atoms with E-state index in [4.69, 9.17) is 10.5 Å². The lowest BCUT2D eigenvalue weighted by Gasteiger charge is -2.34. The van der Waals surface area contributed by atoms with Crippen LogP contribution in [0.3, 0.4) is 0 Å². The molecule has 1 heterocycles. The molecule has 1 saturated heterocycles. The van der Waals surface area contributed by atoms with Crippen molar-refractivity contribution < 1.29 is 13.2 Å². The van der Waals surface area contributed by atoms with Crippen molar-refractivity contribution in [3.63, 3.8) is 0 Å². The number of nitrogens with zero attached hydrogens (tertiary/aromatic N) is 2. The fourth-order valence-electron chi connectivity index (χ4n) is 2.18. The summed E-state index contributed by atoms with van der Waals surface area (Å²) in [7, 11) is -1.78. The average Bonchev–Trinajstić information content (AvgIpc) is 2.39. The van der Waals surface area contributed by atoms with E-state index in [0.717, 1.165) is 12.8 Å². The van der Waals surface area contributed by atoms with Crippen molar-refractivity contribution in [2.75, 3.05) is 46.4 Å². The van der Waals surface area contributed by atoms with Crippen LogP contribution in [0.1, 0.15) is 26.2 Å². The minimum Gasteiger partial charge on any atom is -0.383 e. The Balaban J connectivity index is 2.67. The molecular weight excluding hydrogens is 266 g/mol. The molecule has 6 nitrogen and oxygen atoms in total. The predicted octanol–water partition coefficient (Wildman–Crippen LogP) is 0.260. The molecule has 1 rings (SSSR count). The zero-order chi connectivity index (χ0) is 14.3. The zero-order valence-electron chi connectivity index (χ0n) is 12.0. The Morgan fingerprint density at radius 1 is 1.32 bits per heavy atom. The van der Waals surface area contributed by atoms with E-state index in [-0.39, 0.29) is 0 Å². The Kier molecular flexibility index (Phi) is 7.23. The summed E-state index contributed by atoms with van der Waals surface area (Å²) in [5, 5.41) is 0. The van der Waals surface area contributed by atoms with Gasteiger partial charge in [-0.05, 0) is 31.7 Å². The van der Waals surface area contributed by atoms with Gasteiger partial charge in [-0.15, -0.1) is 0 Å². The SMILES string of the molecule is COCCN(CCCN)S(=O)(=O)N1CCC(C)CC1. The maximum absolute atomic E-state index is 12.6. The second-order valence-electron chi connectivity index (χ2n) is 5.12. The molecule has 19 heavy (non-hydrogen) atoms. The summed E-state index contributed by atoms with van der Waals surface area (Å²) in [6, 6.07) is 0. The first-order valence-electron chi connectivity index (χ1n) is 6.96. The van der Waals surface area contributed by atoms with Crippen molar-refractivity contribution >= 4 is 10.2 Å². The summed E-state index contributed by atoms with van der Waals surface area (Å²) >= 11 is 0. The second-order valence-corrected chi connectivity index (χ2v) is 7.05. The Morgan fingerprint density at radius 2 is 1.95 bits per heavy atom. The highest BCUT2D eigenvalue weighted by atomic mass is 32.2. The first kappa shape index (κ1) is 16.8. The standard InChI is InChI=1S/C12H27N3O3S/c1-12-4-8-15(9-5-12)19(16,17)14(7-3-6-13)10-11-18-2/h12H,3-11,13H2,1-2H3. The molecule has 0 aromatic carbocycles. The quantitative estimate of drug-likeness (QED) is 0.696. The third-order valence-electron chi connectivity index (χ3n) is 3.55. The highest BCUT2D eigenvalue weighted by Gasteiger charge is 2.31. The summed E-state index contributed by atoms with van der Waals surface area (Å²) in [6.45, 7) is 5.18. The van der Waals surface area contributed by atoms with Crippen molar-refractivity contribution in [2.45, 2.75) is 26.2 Å². The van der Waals surface area contributed by atoms with Gasteiger partial charge in [0.2, 0.25) is 0 Å². The van der Waals surface area contributed by atoms with E-state index >= 15 is 0 Å². The Hall–Kier alpha value is -0.210. The van der Waals surface area contributed by atoms with Crippen LogP contribution in [-0.4, -0.2) is 63.5 Å². The molecule has 0 spiro atoms. The summed E-state index contributed by atoms with van der Waals surface area (Å²) < 4.78 is 33.2. The summed E-state index contributed by atoms with van der Waals surface area (Å²) in [5.41, 5.74) is 5.48. The van der Waals surface area contributed by atoms with Crippen LogP contribution in [0.25, 0.3) is 0 Å². The van der Waals surface area contributed by atoms with Crippen molar-refractivity contribution in [3.8, 4) is 0 Å². The Bertz CT molecular complexity index is 332. The van der Waals surface area contributed by atoms with Crippen LogP contribution in [0.5, 0.6) is 0 Å². The summed E-state index contributed by atoms with van der Waals surface area (Å²) in [6.07, 6.45) is 2.55. The van der Waals surface area contributed by atoms with Gasteiger partial charge in [0.1, 0.15) is 0 Å². The fraction of sp³-hybridized carbons (Fsp3) is 1.00. The van der Waals surface area contributed by atoms with Gasteiger partial charge in [-0.25, -0.2) is 0 Å². The molecule has 114 valence electrons. The lowest BCUT2D eigenvalue weighted by atomic mass is 10.0. The Morgan fingerprint density at radius 3 is 2.47 bits per heavy atom. The van der Waals surface area contributed by atoms with Crippen LogP contribution >= 0.6 is 0 Å². The van der Waals surface area contributed by atoms with Crippen molar-refractivity contribution in [1.29, 1.82) is 0 Å². The molecule has 0 radical (unpaired) electrons. The number of nitrogens with two attached hydrogens (primary N) is 1. The van der Waals surface area contributed by atoms with Crippen molar-refractivity contribution in [2.24, 2.45) is 11.7 Å². The maximum Gasteiger partial charge on any atom is 0.282 e. The topological polar surface area (TPSA) is 75.9 Å². The second kappa shape index (κ2) is 8.16. The van der Waals surface area contributed by atoms with Gasteiger partial charge in [0, 0.05) is 33.3 Å². The highest BCUT2D eigenvalue weighted by molar-refractivity contribution is 7.86. The molecule has 7 heteroatoms. The molecule has 0 aliphatic carbocycles. The highest BCUT2D eigenvalue weighted by Crippen LogP contribution is 2.20. The summed E-state index contributed by atoms with van der Waals surface area (Å²) in [5.74, 6) is 0.614. The van der Waals surface area contributed by atoms with E-state index in [1.807, 2.05) is 0 Å². The third kappa shape index (κ3) is 5.00. The van der Waals surface area contributed by atoms with Gasteiger partial charge in [-0.1, -0.05) is 6.92 Å². The van der Waals surface area contributed by atoms with Gasteiger partial charge < -0.3 is 10.5 Å². The lowest BCUT2D eigenvalue weighted by Crippen LogP contribution is -2.48. The minimum absolute atomic E-state index is 0.394. The average molecular weight is 293 g/mol. The molecule has 0 bridgehead atoms. The molecule has 0 aromatic heterocycles. The number of rotatable bonds is 8. The van der Waals surface area contributed by atoms with Gasteiger partial charge >= 0.3 is 0 Å². The summed E-state index contributed by atoms with van der Waals surface area (Å²) in [4.78, 5) is 0. The molecule has 1 aliphatic heterocycles. The van der Waals surface area contributed by atoms with Gasteiger partial charge in [-0.2, -0.15) is 17.0 Å². The van der Waals surface area contributed by atoms with E-state index in [1.54, 1.807) is 11.4 Å². The van der Waals surface area contributed by atoms with E-state index in [1.165, 1.54) is 4.31 Å². The smallest absolute Gasteiger partial charge is 0.282 e. The van der Waals surface area contributed by atoms with Crippen LogP contribution in [0, 0.1) is 5.92 Å². The molecule has 0 unspecified atom stereocenters. The molecule has 0 atom stereocenters. The number of hydrogen-bond acceptors (Lipinski definition) is 4. The first-order valence-corrected chi connectivity index (χ1v) is 8.36. The van der Waals surface area contributed by atoms with Crippen LogP contribution in [0.4, 0.5) is 0 Å². The van der Waals surface area contributed by atoms with Gasteiger partial charge in [0.25, 0.3) is 10.2 Å². The Labute approximate surface area is 117 Å². The zero-order valence-corrected chi connectivity index (χ0v) is 12.9. The van der Waals surface area contributed by atoms with Crippen molar-refractivity contribution in [3.05, 3.63) is 0 Å². The normalized spacial score (nSPS) is 19.2. The molecular formula is C12H27N3O3S. The molecule has 0 aromatic rings. The minimum atomic E-state index is -3.36. The number of hydrogen-bond donors (Lipinski definition) is 1. The molecule has 0 amide bonds. The van der Waals surface area contributed by atoms with Crippen LogP contribution < -0.4 is 5.73 Å². The number of piperidine rings is 1. The lowest BCUT2D eigenvalue weighted by molar-refractivity contribution is 0.173. The van der Waals surface area contributed by atoms with Crippen molar-refractivity contribution in [1.82, 2.24) is 8.61 Å². The van der Waals surface area contributed by atoms with E-state index in [0.29, 0.717) is 51.7 Å². The number of ether oxygens (including phenoxy) is 1. The largest absolute Gasteiger partial charge is 0.383 e. The molecule has 1 aliphatic rings. The van der Waals surface area contributed by atoms with Gasteiger partial charge in [0.05, 0.1) is 6.61 Å². The number of methoxy groups -OCH3 is 1. The molecule has 0 saturated carbocycles. The fourth-order valence-corrected chi connectivity index (χ4v) is 3.85. The monoisotopic (exact) mass is 293 g/mol. The molecule has 2 N–H and O–H groups in total. The van der Waals surface area contributed by atoms with E-state index in [2.05, 4.69) is 6.92 Å². The first-order chi connectivity index (χ1) is 9.02. The van der Waals surface area contributed by atoms with Gasteiger partial charge in [-0.3, -0.25) is 0 Å². The van der Waals surface area contributed by atoms with Crippen LogP contribution in [0.15, 0.2) is 0 Å². The van der Waals surface area contributed by atoms with E-state index < -0.39 is 10.2 Å². The van der Waals surface area contributed by atoms with Crippen LogP contribution in [0.2, 0.25) is 0 Å². The van der Waals surface area contributed by atoms with Gasteiger partial charge in [0.15, 0.2) is 0 Å². The maximum atomic E-state index is 12.6. The third-order valence-corrected chi connectivity index (χ3v) is 5.59.